The summed E-state index contributed by atoms with van der Waals surface area (Å²) in [6.45, 7) is 2.60. The molecule has 1 unspecified atom stereocenters. The lowest BCUT2D eigenvalue weighted by Gasteiger charge is -2.23. The van der Waals surface area contributed by atoms with Gasteiger partial charge in [0.1, 0.15) is 0 Å². The van der Waals surface area contributed by atoms with Crippen molar-refractivity contribution in [3.8, 4) is 0 Å². The highest BCUT2D eigenvalue weighted by Crippen LogP contribution is 2.43. The molecule has 0 saturated carbocycles. The Balaban J connectivity index is 1.72. The van der Waals surface area contributed by atoms with Gasteiger partial charge < -0.3 is 10.0 Å². The molecule has 1 aliphatic heterocycles. The molecule has 3 aromatic carbocycles. The number of Topliss-reactive ketones (excluding diaryl/α,β-unsaturated/α-hetero) is 1. The zero-order valence-electron chi connectivity index (χ0n) is 15.9. The largest absolute Gasteiger partial charge is 0.375 e. The van der Waals surface area contributed by atoms with Crippen molar-refractivity contribution >= 4 is 28.2 Å². The normalized spacial score (nSPS) is 18.5. The van der Waals surface area contributed by atoms with Crippen molar-refractivity contribution in [3.63, 3.8) is 0 Å². The maximum Gasteiger partial charge on any atom is 0.264 e. The average Bonchev–Trinajstić information content (AvgIpc) is 2.93. The number of ketones is 1. The third kappa shape index (κ3) is 2.90. The molecule has 0 spiro atoms. The number of hydrogen-bond acceptors (Lipinski definition) is 3. The molecule has 1 atom stereocenters. The van der Waals surface area contributed by atoms with Crippen LogP contribution < -0.4 is 4.90 Å². The summed E-state index contributed by atoms with van der Waals surface area (Å²) in [7, 11) is 0. The molecule has 0 fully saturated rings. The van der Waals surface area contributed by atoms with Crippen LogP contribution in [0.5, 0.6) is 0 Å². The molecule has 142 valence electrons. The molecule has 4 heteroatoms. The van der Waals surface area contributed by atoms with E-state index < -0.39 is 11.5 Å². The average molecular weight is 373 g/mol. The highest BCUT2D eigenvalue weighted by atomic mass is 16.3. The summed E-state index contributed by atoms with van der Waals surface area (Å²) in [6, 6.07) is 20.4. The summed E-state index contributed by atoms with van der Waals surface area (Å²) in [4.78, 5) is 27.9. The molecule has 1 aliphatic rings. The number of unbranched alkanes of at least 4 members (excludes halogenated alkanes) is 1. The molecule has 0 radical (unpaired) electrons. The minimum absolute atomic E-state index is 0.236. The monoisotopic (exact) mass is 373 g/mol. The van der Waals surface area contributed by atoms with E-state index in [1.165, 1.54) is 0 Å². The topological polar surface area (TPSA) is 57.6 Å². The Hall–Kier alpha value is -2.98. The third-order valence-corrected chi connectivity index (χ3v) is 5.48. The fourth-order valence-electron chi connectivity index (χ4n) is 4.01. The van der Waals surface area contributed by atoms with Crippen molar-refractivity contribution in [1.82, 2.24) is 0 Å². The third-order valence-electron chi connectivity index (χ3n) is 5.48. The van der Waals surface area contributed by atoms with Crippen molar-refractivity contribution < 1.29 is 14.7 Å². The molecular weight excluding hydrogens is 350 g/mol. The molecule has 0 bridgehead atoms. The van der Waals surface area contributed by atoms with E-state index in [-0.39, 0.29) is 12.2 Å². The van der Waals surface area contributed by atoms with Crippen LogP contribution in [0.3, 0.4) is 0 Å². The van der Waals surface area contributed by atoms with Crippen molar-refractivity contribution in [2.24, 2.45) is 0 Å². The Morgan fingerprint density at radius 3 is 2.54 bits per heavy atom. The van der Waals surface area contributed by atoms with E-state index in [2.05, 4.69) is 6.92 Å². The summed E-state index contributed by atoms with van der Waals surface area (Å²) < 4.78 is 0. The number of aliphatic hydroxyl groups is 1. The molecule has 0 saturated heterocycles. The number of nitrogens with zero attached hydrogens (tertiary/aromatic N) is 1. The van der Waals surface area contributed by atoms with E-state index in [0.717, 1.165) is 23.6 Å². The Kier molecular flexibility index (Phi) is 4.73. The highest BCUT2D eigenvalue weighted by Gasteiger charge is 2.50. The summed E-state index contributed by atoms with van der Waals surface area (Å²) in [5.41, 5.74) is -0.0686. The van der Waals surface area contributed by atoms with Gasteiger partial charge in [-0.05, 0) is 23.3 Å². The molecule has 0 aromatic heterocycles. The SMILES string of the molecule is CCCCN1C(=O)C(O)(CC(=O)c2cccc3ccccc23)c2ccccc21. The van der Waals surface area contributed by atoms with Crippen LogP contribution in [0, 0.1) is 0 Å². The van der Waals surface area contributed by atoms with Gasteiger partial charge in [-0.2, -0.15) is 0 Å². The molecule has 1 amide bonds. The molecule has 4 rings (SSSR count). The Bertz CT molecular complexity index is 1050. The summed E-state index contributed by atoms with van der Waals surface area (Å²) in [5, 5.41) is 13.2. The van der Waals surface area contributed by atoms with Crippen molar-refractivity contribution in [3.05, 3.63) is 77.9 Å². The van der Waals surface area contributed by atoms with Gasteiger partial charge in [0.25, 0.3) is 5.91 Å². The van der Waals surface area contributed by atoms with Gasteiger partial charge in [0.2, 0.25) is 0 Å². The van der Waals surface area contributed by atoms with Gasteiger partial charge >= 0.3 is 0 Å². The second-order valence-electron chi connectivity index (χ2n) is 7.31. The van der Waals surface area contributed by atoms with E-state index >= 15 is 0 Å². The molecule has 4 nitrogen and oxygen atoms in total. The highest BCUT2D eigenvalue weighted by molar-refractivity contribution is 6.13. The molecule has 1 N–H and O–H groups in total. The van der Waals surface area contributed by atoms with E-state index in [0.29, 0.717) is 23.4 Å². The number of carbonyl (C=O) groups excluding carboxylic acids is 2. The first-order valence-electron chi connectivity index (χ1n) is 9.71. The maximum absolute atomic E-state index is 13.2. The van der Waals surface area contributed by atoms with Crippen LogP contribution in [0.4, 0.5) is 5.69 Å². The number of carbonyl (C=O) groups is 2. The lowest BCUT2D eigenvalue weighted by atomic mass is 9.87. The van der Waals surface area contributed by atoms with E-state index in [4.69, 9.17) is 0 Å². The number of hydrogen-bond donors (Lipinski definition) is 1. The van der Waals surface area contributed by atoms with Crippen molar-refractivity contribution in [1.29, 1.82) is 0 Å². The van der Waals surface area contributed by atoms with E-state index in [1.807, 2.05) is 48.5 Å². The van der Waals surface area contributed by atoms with Crippen LogP contribution in [-0.2, 0) is 10.4 Å². The molecule has 28 heavy (non-hydrogen) atoms. The summed E-state index contributed by atoms with van der Waals surface area (Å²) in [6.07, 6.45) is 1.52. The zero-order chi connectivity index (χ0) is 19.7. The zero-order valence-corrected chi connectivity index (χ0v) is 15.9. The van der Waals surface area contributed by atoms with Crippen LogP contribution in [0.15, 0.2) is 66.7 Å². The van der Waals surface area contributed by atoms with Gasteiger partial charge in [-0.1, -0.05) is 74.0 Å². The van der Waals surface area contributed by atoms with Gasteiger partial charge in [-0.3, -0.25) is 9.59 Å². The number of fused-ring (bicyclic) bond motifs is 2. The Morgan fingerprint density at radius 1 is 1.00 bits per heavy atom. The molecule has 1 heterocycles. The van der Waals surface area contributed by atoms with Crippen LogP contribution in [0.25, 0.3) is 10.8 Å². The lowest BCUT2D eigenvalue weighted by molar-refractivity contribution is -0.135. The van der Waals surface area contributed by atoms with E-state index in [9.17, 15) is 14.7 Å². The lowest BCUT2D eigenvalue weighted by Crippen LogP contribution is -2.42. The minimum atomic E-state index is -1.82. The second kappa shape index (κ2) is 7.21. The summed E-state index contributed by atoms with van der Waals surface area (Å²) >= 11 is 0. The Morgan fingerprint density at radius 2 is 1.71 bits per heavy atom. The van der Waals surface area contributed by atoms with Crippen LogP contribution in [0.1, 0.15) is 42.1 Å². The molecular formula is C24H23NO3. The van der Waals surface area contributed by atoms with E-state index in [1.54, 1.807) is 23.1 Å². The van der Waals surface area contributed by atoms with Gasteiger partial charge in [-0.25, -0.2) is 0 Å². The minimum Gasteiger partial charge on any atom is -0.375 e. The van der Waals surface area contributed by atoms with Gasteiger partial charge in [-0.15, -0.1) is 0 Å². The van der Waals surface area contributed by atoms with Crippen LogP contribution in [-0.4, -0.2) is 23.3 Å². The fraction of sp³-hybridized carbons (Fsp3) is 0.250. The first kappa shape index (κ1) is 18.4. The number of benzene rings is 3. The summed E-state index contributed by atoms with van der Waals surface area (Å²) in [5.74, 6) is -0.643. The quantitative estimate of drug-likeness (QED) is 0.650. The van der Waals surface area contributed by atoms with Gasteiger partial charge in [0, 0.05) is 17.7 Å². The first-order valence-corrected chi connectivity index (χ1v) is 9.71. The van der Waals surface area contributed by atoms with Gasteiger partial charge in [0.15, 0.2) is 11.4 Å². The number of para-hydroxylation sites is 1. The van der Waals surface area contributed by atoms with Crippen LogP contribution in [0.2, 0.25) is 0 Å². The Labute approximate surface area is 164 Å². The number of anilines is 1. The second-order valence-corrected chi connectivity index (χ2v) is 7.31. The molecule has 0 aliphatic carbocycles. The van der Waals surface area contributed by atoms with Crippen molar-refractivity contribution in [2.75, 3.05) is 11.4 Å². The maximum atomic E-state index is 13.2. The van der Waals surface area contributed by atoms with Gasteiger partial charge in [0.05, 0.1) is 12.1 Å². The standard InChI is InChI=1S/C24H23NO3/c1-2-3-15-25-21-14-7-6-13-20(21)24(28,23(25)27)16-22(26)19-12-8-10-17-9-4-5-11-18(17)19/h4-14,28H,2-3,15-16H2,1H3. The first-order chi connectivity index (χ1) is 13.6. The fourth-order valence-corrected chi connectivity index (χ4v) is 4.01. The number of amides is 1. The van der Waals surface area contributed by atoms with Crippen LogP contribution >= 0.6 is 0 Å². The predicted octanol–water partition coefficient (Wildman–Crippen LogP) is 4.45. The predicted molar refractivity (Wildman–Crippen MR) is 110 cm³/mol. The smallest absolute Gasteiger partial charge is 0.264 e. The molecule has 3 aromatic rings. The van der Waals surface area contributed by atoms with Crippen molar-refractivity contribution in [2.45, 2.75) is 31.8 Å². The number of rotatable bonds is 6.